The van der Waals surface area contributed by atoms with Gasteiger partial charge in [-0.05, 0) is 37.1 Å². The lowest BCUT2D eigenvalue weighted by Gasteiger charge is -2.26. The zero-order valence-corrected chi connectivity index (χ0v) is 15.4. The van der Waals surface area contributed by atoms with Gasteiger partial charge in [0.15, 0.2) is 5.01 Å². The second kappa shape index (κ2) is 8.46. The van der Waals surface area contributed by atoms with Gasteiger partial charge in [-0.2, -0.15) is 0 Å². The SMILES string of the molecule is O=C(O)[C@H]1CCCC[C@H]1C(=O)Nc1nnc(COc2ccc(Cl)cc2)s1. The maximum atomic E-state index is 12.4. The number of halogens is 1. The number of carboxylic acids is 1. The van der Waals surface area contributed by atoms with E-state index >= 15 is 0 Å². The Morgan fingerprint density at radius 1 is 1.19 bits per heavy atom. The van der Waals surface area contributed by atoms with Crippen molar-refractivity contribution in [1.29, 1.82) is 0 Å². The van der Waals surface area contributed by atoms with Crippen LogP contribution in [0.25, 0.3) is 0 Å². The van der Waals surface area contributed by atoms with Gasteiger partial charge in [-0.1, -0.05) is 35.8 Å². The van der Waals surface area contributed by atoms with Crippen molar-refractivity contribution in [2.24, 2.45) is 11.8 Å². The van der Waals surface area contributed by atoms with Gasteiger partial charge in [-0.15, -0.1) is 10.2 Å². The molecule has 2 atom stereocenters. The van der Waals surface area contributed by atoms with Crippen LogP contribution in [0.15, 0.2) is 24.3 Å². The van der Waals surface area contributed by atoms with Gasteiger partial charge in [-0.25, -0.2) is 0 Å². The minimum atomic E-state index is -0.917. The van der Waals surface area contributed by atoms with Crippen LogP contribution in [-0.2, 0) is 16.2 Å². The first-order valence-electron chi connectivity index (χ1n) is 8.27. The molecule has 1 fully saturated rings. The van der Waals surface area contributed by atoms with Crippen molar-refractivity contribution in [2.75, 3.05) is 5.32 Å². The maximum absolute atomic E-state index is 12.4. The molecule has 0 saturated heterocycles. The molecule has 0 radical (unpaired) electrons. The van der Waals surface area contributed by atoms with Crippen molar-refractivity contribution in [3.8, 4) is 5.75 Å². The van der Waals surface area contributed by atoms with Crippen LogP contribution in [0.2, 0.25) is 5.02 Å². The average Bonchev–Trinajstić information content (AvgIpc) is 3.08. The number of nitrogens with one attached hydrogen (secondary N) is 1. The summed E-state index contributed by atoms with van der Waals surface area (Å²) in [5, 5.41) is 21.5. The number of carboxylic acid groups (broad SMARTS) is 1. The smallest absolute Gasteiger partial charge is 0.307 e. The van der Waals surface area contributed by atoms with Crippen LogP contribution in [0.1, 0.15) is 30.7 Å². The van der Waals surface area contributed by atoms with Gasteiger partial charge >= 0.3 is 5.97 Å². The summed E-state index contributed by atoms with van der Waals surface area (Å²) in [7, 11) is 0. The molecular weight excluding hydrogens is 378 g/mol. The van der Waals surface area contributed by atoms with E-state index in [1.54, 1.807) is 24.3 Å². The molecule has 1 amide bonds. The number of ether oxygens (including phenoxy) is 1. The zero-order valence-electron chi connectivity index (χ0n) is 13.9. The Labute approximate surface area is 159 Å². The standard InChI is InChI=1S/C17H18ClN3O4S/c18-10-5-7-11(8-6-10)25-9-14-20-21-17(26-14)19-15(22)12-3-1-2-4-13(12)16(23)24/h5-8,12-13H,1-4,9H2,(H,23,24)(H,19,21,22)/t12-,13+/m1/s1. The number of aromatic nitrogens is 2. The lowest BCUT2D eigenvalue weighted by atomic mass is 9.79. The van der Waals surface area contributed by atoms with Crippen LogP contribution >= 0.6 is 22.9 Å². The Balaban J connectivity index is 1.56. The molecule has 0 bridgehead atoms. The lowest BCUT2D eigenvalue weighted by molar-refractivity contribution is -0.147. The van der Waals surface area contributed by atoms with Crippen molar-refractivity contribution >= 4 is 39.9 Å². The van der Waals surface area contributed by atoms with Crippen molar-refractivity contribution in [2.45, 2.75) is 32.3 Å². The highest BCUT2D eigenvalue weighted by atomic mass is 35.5. The molecule has 2 N–H and O–H groups in total. The van der Waals surface area contributed by atoms with Crippen LogP contribution in [-0.4, -0.2) is 27.2 Å². The van der Waals surface area contributed by atoms with Crippen LogP contribution in [0.5, 0.6) is 5.75 Å². The molecule has 3 rings (SSSR count). The number of anilines is 1. The second-order valence-electron chi connectivity index (χ2n) is 6.07. The van der Waals surface area contributed by atoms with Gasteiger partial charge in [-0.3, -0.25) is 9.59 Å². The molecule has 2 aromatic rings. The van der Waals surface area contributed by atoms with Gasteiger partial charge in [0.1, 0.15) is 12.4 Å². The van der Waals surface area contributed by atoms with Gasteiger partial charge in [0.25, 0.3) is 0 Å². The Morgan fingerprint density at radius 2 is 1.88 bits per heavy atom. The van der Waals surface area contributed by atoms with Crippen molar-refractivity contribution < 1.29 is 19.4 Å². The van der Waals surface area contributed by atoms with Gasteiger partial charge in [0.05, 0.1) is 11.8 Å². The first-order chi connectivity index (χ1) is 12.5. The second-order valence-corrected chi connectivity index (χ2v) is 7.57. The summed E-state index contributed by atoms with van der Waals surface area (Å²) in [6, 6.07) is 6.96. The molecule has 1 aliphatic carbocycles. The van der Waals surface area contributed by atoms with E-state index in [1.807, 2.05) is 0 Å². The van der Waals surface area contributed by atoms with E-state index in [-0.39, 0.29) is 12.5 Å². The molecule has 9 heteroatoms. The maximum Gasteiger partial charge on any atom is 0.307 e. The number of aliphatic carboxylic acids is 1. The molecule has 0 unspecified atom stereocenters. The summed E-state index contributed by atoms with van der Waals surface area (Å²) < 4.78 is 5.59. The minimum absolute atomic E-state index is 0.219. The predicted molar refractivity (Wildman–Crippen MR) is 97.4 cm³/mol. The Kier molecular flexibility index (Phi) is 6.05. The number of rotatable bonds is 6. The largest absolute Gasteiger partial charge is 0.486 e. The van der Waals surface area contributed by atoms with Crippen LogP contribution < -0.4 is 10.1 Å². The number of nitrogens with zero attached hydrogens (tertiary/aromatic N) is 2. The summed E-state index contributed by atoms with van der Waals surface area (Å²) in [5.74, 6) is -1.73. The van der Waals surface area contributed by atoms with Gasteiger partial charge < -0.3 is 15.2 Å². The van der Waals surface area contributed by atoms with Crippen LogP contribution in [0.3, 0.4) is 0 Å². The highest BCUT2D eigenvalue weighted by Crippen LogP contribution is 2.31. The average molecular weight is 396 g/mol. The van der Waals surface area contributed by atoms with E-state index in [9.17, 15) is 14.7 Å². The Hall–Kier alpha value is -2.19. The lowest BCUT2D eigenvalue weighted by Crippen LogP contribution is -2.36. The summed E-state index contributed by atoms with van der Waals surface area (Å²) >= 11 is 7.03. The Bertz CT molecular complexity index is 781. The molecule has 1 saturated carbocycles. The monoisotopic (exact) mass is 395 g/mol. The highest BCUT2D eigenvalue weighted by molar-refractivity contribution is 7.15. The van der Waals surface area contributed by atoms with Crippen LogP contribution in [0.4, 0.5) is 5.13 Å². The van der Waals surface area contributed by atoms with Gasteiger partial charge in [0, 0.05) is 5.02 Å². The fraction of sp³-hybridized carbons (Fsp3) is 0.412. The molecular formula is C17H18ClN3O4S. The predicted octanol–water partition coefficient (Wildman–Crippen LogP) is 3.60. The summed E-state index contributed by atoms with van der Waals surface area (Å²) in [5.41, 5.74) is 0. The van der Waals surface area contributed by atoms with Crippen LogP contribution in [0, 0.1) is 11.8 Å². The van der Waals surface area contributed by atoms with Gasteiger partial charge in [0.2, 0.25) is 11.0 Å². The molecule has 1 aromatic heterocycles. The summed E-state index contributed by atoms with van der Waals surface area (Å²) in [6.45, 7) is 0.219. The normalized spacial score (nSPS) is 19.7. The molecule has 138 valence electrons. The third kappa shape index (κ3) is 4.70. The Morgan fingerprint density at radius 3 is 2.58 bits per heavy atom. The molecule has 1 aliphatic rings. The highest BCUT2D eigenvalue weighted by Gasteiger charge is 2.36. The number of benzene rings is 1. The fourth-order valence-corrected chi connectivity index (χ4v) is 3.76. The third-order valence-corrected chi connectivity index (χ3v) is 5.36. The topological polar surface area (TPSA) is 101 Å². The summed E-state index contributed by atoms with van der Waals surface area (Å²) in [6.07, 6.45) is 2.81. The number of hydrogen-bond acceptors (Lipinski definition) is 6. The molecule has 7 nitrogen and oxygen atoms in total. The molecule has 1 heterocycles. The molecule has 0 spiro atoms. The number of amides is 1. The van der Waals surface area contributed by atoms with E-state index in [0.29, 0.717) is 33.8 Å². The molecule has 0 aliphatic heterocycles. The van der Waals surface area contributed by atoms with Crippen molar-refractivity contribution in [3.63, 3.8) is 0 Å². The minimum Gasteiger partial charge on any atom is -0.486 e. The van der Waals surface area contributed by atoms with Crippen molar-refractivity contribution in [3.05, 3.63) is 34.3 Å². The van der Waals surface area contributed by atoms with E-state index in [2.05, 4.69) is 15.5 Å². The number of hydrogen-bond donors (Lipinski definition) is 2. The zero-order chi connectivity index (χ0) is 18.5. The van der Waals surface area contributed by atoms with E-state index in [0.717, 1.165) is 12.8 Å². The van der Waals surface area contributed by atoms with E-state index in [4.69, 9.17) is 16.3 Å². The molecule has 1 aromatic carbocycles. The number of carbonyl (C=O) groups excluding carboxylic acids is 1. The fourth-order valence-electron chi connectivity index (χ4n) is 2.98. The quantitative estimate of drug-likeness (QED) is 0.774. The van der Waals surface area contributed by atoms with E-state index in [1.165, 1.54) is 11.3 Å². The first kappa shape index (κ1) is 18.6. The summed E-state index contributed by atoms with van der Waals surface area (Å²) in [4.78, 5) is 23.8. The van der Waals surface area contributed by atoms with Crippen molar-refractivity contribution in [1.82, 2.24) is 10.2 Å². The molecule has 26 heavy (non-hydrogen) atoms. The van der Waals surface area contributed by atoms with E-state index < -0.39 is 17.8 Å². The first-order valence-corrected chi connectivity index (χ1v) is 9.47. The number of carbonyl (C=O) groups is 2. The third-order valence-electron chi connectivity index (χ3n) is 4.29.